The van der Waals surface area contributed by atoms with Gasteiger partial charge in [-0.15, -0.1) is 0 Å². The van der Waals surface area contributed by atoms with Gasteiger partial charge in [-0.3, -0.25) is 0 Å². The van der Waals surface area contributed by atoms with Gasteiger partial charge in [0.25, 0.3) is 0 Å². The van der Waals surface area contributed by atoms with E-state index in [1.807, 2.05) is 0 Å². The molecule has 0 aliphatic carbocycles. The van der Waals surface area contributed by atoms with Crippen LogP contribution in [0, 0.1) is 17.5 Å². The highest BCUT2D eigenvalue weighted by molar-refractivity contribution is 6.30. The van der Waals surface area contributed by atoms with Crippen LogP contribution in [0.5, 0.6) is 0 Å². The molecule has 0 amide bonds. The lowest BCUT2D eigenvalue weighted by molar-refractivity contribution is 0.470. The maximum Gasteiger partial charge on any atom is 0.177 e. The van der Waals surface area contributed by atoms with Crippen LogP contribution in [0.1, 0.15) is 18.5 Å². The molecule has 0 saturated heterocycles. The van der Waals surface area contributed by atoms with Gasteiger partial charge in [0.1, 0.15) is 5.82 Å². The van der Waals surface area contributed by atoms with E-state index in [-0.39, 0.29) is 0 Å². The van der Waals surface area contributed by atoms with Crippen molar-refractivity contribution in [3.05, 3.63) is 34.1 Å². The van der Waals surface area contributed by atoms with Gasteiger partial charge in [-0.25, -0.2) is 13.2 Å². The summed E-state index contributed by atoms with van der Waals surface area (Å²) >= 11 is 5.20. The average molecular weight is 210 g/mol. The molecule has 1 unspecified atom stereocenters. The Kier molecular flexibility index (Phi) is 2.83. The third kappa shape index (κ3) is 1.78. The monoisotopic (exact) mass is 209 g/mol. The second-order valence-electron chi connectivity index (χ2n) is 2.67. The van der Waals surface area contributed by atoms with Gasteiger partial charge in [-0.2, -0.15) is 0 Å². The molecule has 1 atom stereocenters. The molecule has 0 radical (unpaired) electrons. The van der Waals surface area contributed by atoms with Crippen LogP contribution < -0.4 is 5.73 Å². The van der Waals surface area contributed by atoms with Crippen molar-refractivity contribution in [1.29, 1.82) is 0 Å². The van der Waals surface area contributed by atoms with Gasteiger partial charge in [0.2, 0.25) is 0 Å². The van der Waals surface area contributed by atoms with E-state index in [4.69, 9.17) is 17.3 Å². The minimum absolute atomic E-state index is 0.484. The van der Waals surface area contributed by atoms with E-state index in [0.29, 0.717) is 6.07 Å². The van der Waals surface area contributed by atoms with Crippen molar-refractivity contribution in [3.63, 3.8) is 0 Å². The predicted octanol–water partition coefficient (Wildman–Crippen LogP) is 2.78. The Bertz CT molecular complexity index is 339. The van der Waals surface area contributed by atoms with E-state index in [0.717, 1.165) is 0 Å². The summed E-state index contributed by atoms with van der Waals surface area (Å²) in [5.41, 5.74) is 4.76. The highest BCUT2D eigenvalue weighted by Crippen LogP contribution is 2.26. The molecule has 1 nitrogen and oxygen atoms in total. The van der Waals surface area contributed by atoms with Gasteiger partial charge in [0.15, 0.2) is 11.6 Å². The molecule has 0 aliphatic heterocycles. The normalized spacial score (nSPS) is 13.1. The molecular weight excluding hydrogens is 203 g/mol. The third-order valence-corrected chi connectivity index (χ3v) is 1.88. The molecule has 5 heteroatoms. The van der Waals surface area contributed by atoms with Crippen molar-refractivity contribution >= 4 is 11.6 Å². The maximum absolute atomic E-state index is 13.0. The summed E-state index contributed by atoms with van der Waals surface area (Å²) in [4.78, 5) is 0. The van der Waals surface area contributed by atoms with Gasteiger partial charge < -0.3 is 5.73 Å². The van der Waals surface area contributed by atoms with Crippen molar-refractivity contribution < 1.29 is 13.2 Å². The number of hydrogen-bond donors (Lipinski definition) is 1. The lowest BCUT2D eigenvalue weighted by atomic mass is 10.1. The summed E-state index contributed by atoms with van der Waals surface area (Å²) in [5, 5.41) is -0.584. The highest BCUT2D eigenvalue weighted by atomic mass is 35.5. The second kappa shape index (κ2) is 3.55. The lowest BCUT2D eigenvalue weighted by Gasteiger charge is -2.09. The first-order valence-corrected chi connectivity index (χ1v) is 3.91. The number of rotatable bonds is 1. The molecule has 0 spiro atoms. The molecule has 1 aromatic rings. The van der Waals surface area contributed by atoms with Crippen LogP contribution in [-0.2, 0) is 0 Å². The van der Waals surface area contributed by atoms with Crippen LogP contribution in [-0.4, -0.2) is 0 Å². The van der Waals surface area contributed by atoms with Crippen molar-refractivity contribution in [2.75, 3.05) is 0 Å². The fourth-order valence-corrected chi connectivity index (χ4v) is 1.18. The number of halogens is 4. The zero-order valence-electron chi connectivity index (χ0n) is 6.74. The van der Waals surface area contributed by atoms with Crippen molar-refractivity contribution in [2.45, 2.75) is 13.0 Å². The molecule has 0 aliphatic rings. The van der Waals surface area contributed by atoms with Crippen LogP contribution in [0.25, 0.3) is 0 Å². The fourth-order valence-electron chi connectivity index (χ4n) is 0.998. The first-order valence-electron chi connectivity index (χ1n) is 3.53. The molecule has 0 heterocycles. The molecule has 13 heavy (non-hydrogen) atoms. The molecule has 2 N–H and O–H groups in total. The fraction of sp³-hybridized carbons (Fsp3) is 0.250. The quantitative estimate of drug-likeness (QED) is 0.559. The molecule has 1 aromatic carbocycles. The largest absolute Gasteiger partial charge is 0.324 e. The van der Waals surface area contributed by atoms with E-state index < -0.39 is 34.1 Å². The second-order valence-corrected chi connectivity index (χ2v) is 3.08. The summed E-state index contributed by atoms with van der Waals surface area (Å²) in [7, 11) is 0. The van der Waals surface area contributed by atoms with Crippen LogP contribution in [0.2, 0.25) is 5.02 Å². The lowest BCUT2D eigenvalue weighted by Crippen LogP contribution is -2.11. The minimum atomic E-state index is -1.32. The average Bonchev–Trinajstić information content (AvgIpc) is 1.99. The Morgan fingerprint density at radius 2 is 1.85 bits per heavy atom. The van der Waals surface area contributed by atoms with E-state index in [9.17, 15) is 13.2 Å². The van der Waals surface area contributed by atoms with Gasteiger partial charge in [-0.05, 0) is 13.0 Å². The third-order valence-electron chi connectivity index (χ3n) is 1.60. The first kappa shape index (κ1) is 10.3. The zero-order valence-corrected chi connectivity index (χ0v) is 7.50. The molecule has 72 valence electrons. The van der Waals surface area contributed by atoms with Gasteiger partial charge in [0, 0.05) is 11.6 Å². The molecule has 0 aromatic heterocycles. The molecule has 0 bridgehead atoms. The maximum atomic E-state index is 13.0. The SMILES string of the molecule is CC(N)c1c(F)cc(Cl)c(F)c1F. The number of benzene rings is 1. The number of hydrogen-bond acceptors (Lipinski definition) is 1. The van der Waals surface area contributed by atoms with Crippen LogP contribution in [0.3, 0.4) is 0 Å². The Hall–Kier alpha value is -0.740. The summed E-state index contributed by atoms with van der Waals surface area (Å²) in [6, 6.07) is -0.203. The van der Waals surface area contributed by atoms with Gasteiger partial charge in [0.05, 0.1) is 5.02 Å². The smallest absolute Gasteiger partial charge is 0.177 e. The van der Waals surface area contributed by atoms with E-state index in [1.54, 1.807) is 0 Å². The van der Waals surface area contributed by atoms with E-state index in [1.165, 1.54) is 6.92 Å². The molecule has 0 saturated carbocycles. The Morgan fingerprint density at radius 3 is 2.31 bits per heavy atom. The van der Waals surface area contributed by atoms with Crippen LogP contribution in [0.4, 0.5) is 13.2 Å². The van der Waals surface area contributed by atoms with Crippen molar-refractivity contribution in [1.82, 2.24) is 0 Å². The van der Waals surface area contributed by atoms with Crippen LogP contribution >= 0.6 is 11.6 Å². The number of nitrogens with two attached hydrogens (primary N) is 1. The standard InChI is InChI=1S/C8H7ClF3N/c1-3(13)6-5(10)2-4(9)7(11)8(6)12/h2-3H,13H2,1H3. The predicted molar refractivity (Wildman–Crippen MR) is 43.9 cm³/mol. The Labute approximate surface area is 78.3 Å². The first-order chi connectivity index (χ1) is 5.95. The summed E-state index contributed by atoms with van der Waals surface area (Å²) < 4.78 is 38.8. The summed E-state index contributed by atoms with van der Waals surface area (Å²) in [5.74, 6) is -3.52. The van der Waals surface area contributed by atoms with Gasteiger partial charge in [-0.1, -0.05) is 11.6 Å². The Morgan fingerprint density at radius 1 is 1.31 bits per heavy atom. The molecule has 1 rings (SSSR count). The van der Waals surface area contributed by atoms with Crippen molar-refractivity contribution in [2.24, 2.45) is 5.73 Å². The Balaban J connectivity index is 3.44. The van der Waals surface area contributed by atoms with Crippen LogP contribution in [0.15, 0.2) is 6.07 Å². The van der Waals surface area contributed by atoms with Crippen molar-refractivity contribution in [3.8, 4) is 0 Å². The molecule has 0 fully saturated rings. The summed E-state index contributed by atoms with van der Waals surface area (Å²) in [6.07, 6.45) is 0. The summed E-state index contributed by atoms with van der Waals surface area (Å²) in [6.45, 7) is 1.36. The topological polar surface area (TPSA) is 26.0 Å². The highest BCUT2D eigenvalue weighted by Gasteiger charge is 2.19. The minimum Gasteiger partial charge on any atom is -0.324 e. The van der Waals surface area contributed by atoms with E-state index in [2.05, 4.69) is 0 Å². The zero-order chi connectivity index (χ0) is 10.2. The molecular formula is C8H7ClF3N. The van der Waals surface area contributed by atoms with E-state index >= 15 is 0 Å². The van der Waals surface area contributed by atoms with Gasteiger partial charge >= 0.3 is 0 Å².